The van der Waals surface area contributed by atoms with Crippen LogP contribution in [-0.4, -0.2) is 31.3 Å². The van der Waals surface area contributed by atoms with Crippen LogP contribution in [0.25, 0.3) is 0 Å². The highest BCUT2D eigenvalue weighted by Crippen LogP contribution is 2.40. The van der Waals surface area contributed by atoms with Gasteiger partial charge in [0.1, 0.15) is 5.82 Å². The number of carbonyl (C=O) groups excluding carboxylic acids is 1. The van der Waals surface area contributed by atoms with Gasteiger partial charge in [-0.15, -0.1) is 10.2 Å². The Labute approximate surface area is 149 Å². The number of nitro groups is 1. The van der Waals surface area contributed by atoms with E-state index in [0.29, 0.717) is 11.6 Å². The highest BCUT2D eigenvalue weighted by molar-refractivity contribution is 7.99. The Balaban J connectivity index is 1.64. The molecule has 8 nitrogen and oxygen atoms in total. The molecule has 0 atom stereocenters. The van der Waals surface area contributed by atoms with Crippen LogP contribution in [0.3, 0.4) is 0 Å². The fraction of sp³-hybridized carbons (Fsp3) is 0.438. The molecular weight excluding hydrogens is 342 g/mol. The highest BCUT2D eigenvalue weighted by Gasteiger charge is 2.30. The van der Waals surface area contributed by atoms with E-state index in [1.54, 1.807) is 13.0 Å². The lowest BCUT2D eigenvalue weighted by Crippen LogP contribution is -2.15. The number of hydrogen-bond donors (Lipinski definition) is 1. The van der Waals surface area contributed by atoms with Gasteiger partial charge in [0.2, 0.25) is 5.91 Å². The van der Waals surface area contributed by atoms with E-state index < -0.39 is 4.92 Å². The van der Waals surface area contributed by atoms with E-state index >= 15 is 0 Å². The van der Waals surface area contributed by atoms with E-state index in [-0.39, 0.29) is 17.3 Å². The third-order valence-electron chi connectivity index (χ3n) is 4.04. The number of thioether (sulfide) groups is 1. The molecular formula is C16H19N5O3S. The SMILES string of the molecule is CCn1c(SCC(=O)Nc2cc([N+](=O)[O-])ccc2C)nnc1C1CC1. The molecule has 0 spiro atoms. The highest BCUT2D eigenvalue weighted by atomic mass is 32.2. The van der Waals surface area contributed by atoms with Gasteiger partial charge in [-0.2, -0.15) is 0 Å². The van der Waals surface area contributed by atoms with Gasteiger partial charge in [-0.1, -0.05) is 17.8 Å². The summed E-state index contributed by atoms with van der Waals surface area (Å²) in [7, 11) is 0. The molecule has 1 aliphatic rings. The Morgan fingerprint density at radius 1 is 1.44 bits per heavy atom. The second kappa shape index (κ2) is 7.22. The summed E-state index contributed by atoms with van der Waals surface area (Å²) in [6.07, 6.45) is 2.30. The first kappa shape index (κ1) is 17.4. The Kier molecular flexibility index (Phi) is 5.03. The maximum Gasteiger partial charge on any atom is 0.271 e. The molecule has 0 radical (unpaired) electrons. The van der Waals surface area contributed by atoms with E-state index in [2.05, 4.69) is 15.5 Å². The first-order valence-corrected chi connectivity index (χ1v) is 9.09. The molecule has 1 aliphatic carbocycles. The Bertz CT molecular complexity index is 816. The van der Waals surface area contributed by atoms with Crippen molar-refractivity contribution in [3.8, 4) is 0 Å². The van der Waals surface area contributed by atoms with Gasteiger partial charge in [0.15, 0.2) is 5.16 Å². The topological polar surface area (TPSA) is 103 Å². The van der Waals surface area contributed by atoms with Gasteiger partial charge >= 0.3 is 0 Å². The second-order valence-electron chi connectivity index (χ2n) is 5.95. The van der Waals surface area contributed by atoms with Crippen LogP contribution in [-0.2, 0) is 11.3 Å². The molecule has 1 N–H and O–H groups in total. The van der Waals surface area contributed by atoms with Crippen LogP contribution in [0.15, 0.2) is 23.4 Å². The maximum absolute atomic E-state index is 12.2. The normalized spacial score (nSPS) is 13.7. The van der Waals surface area contributed by atoms with Gasteiger partial charge in [-0.3, -0.25) is 14.9 Å². The molecule has 25 heavy (non-hydrogen) atoms. The number of nitrogens with one attached hydrogen (secondary N) is 1. The van der Waals surface area contributed by atoms with Crippen LogP contribution in [0.4, 0.5) is 11.4 Å². The molecule has 0 aliphatic heterocycles. The summed E-state index contributed by atoms with van der Waals surface area (Å²) in [5, 5.41) is 22.8. The largest absolute Gasteiger partial charge is 0.325 e. The summed E-state index contributed by atoms with van der Waals surface area (Å²) in [6, 6.07) is 4.41. The number of aryl methyl sites for hydroxylation is 1. The van der Waals surface area contributed by atoms with Crippen molar-refractivity contribution in [2.75, 3.05) is 11.1 Å². The van der Waals surface area contributed by atoms with Gasteiger partial charge in [0.05, 0.1) is 16.4 Å². The molecule has 1 amide bonds. The molecule has 2 aromatic rings. The fourth-order valence-electron chi connectivity index (χ4n) is 2.52. The third kappa shape index (κ3) is 3.98. The average Bonchev–Trinajstić information content (AvgIpc) is 3.34. The van der Waals surface area contributed by atoms with Crippen LogP contribution in [0.2, 0.25) is 0 Å². The van der Waals surface area contributed by atoms with Crippen molar-refractivity contribution < 1.29 is 9.72 Å². The number of aromatic nitrogens is 3. The lowest BCUT2D eigenvalue weighted by atomic mass is 10.2. The predicted octanol–water partition coefficient (Wildman–Crippen LogP) is 3.12. The number of rotatable bonds is 7. The zero-order chi connectivity index (χ0) is 18.0. The Morgan fingerprint density at radius 2 is 2.20 bits per heavy atom. The molecule has 0 saturated heterocycles. The quantitative estimate of drug-likeness (QED) is 0.462. The summed E-state index contributed by atoms with van der Waals surface area (Å²) in [4.78, 5) is 22.6. The smallest absolute Gasteiger partial charge is 0.271 e. The number of nitro benzene ring substituents is 1. The number of carbonyl (C=O) groups is 1. The number of hydrogen-bond acceptors (Lipinski definition) is 6. The van der Waals surface area contributed by atoms with Gasteiger partial charge in [-0.25, -0.2) is 0 Å². The summed E-state index contributed by atoms with van der Waals surface area (Å²) in [6.45, 7) is 4.60. The summed E-state index contributed by atoms with van der Waals surface area (Å²) in [5.74, 6) is 1.44. The molecule has 9 heteroatoms. The van der Waals surface area contributed by atoms with Crippen LogP contribution in [0, 0.1) is 17.0 Å². The van der Waals surface area contributed by atoms with E-state index in [1.807, 2.05) is 11.5 Å². The Morgan fingerprint density at radius 3 is 2.84 bits per heavy atom. The van der Waals surface area contributed by atoms with Crippen molar-refractivity contribution in [3.05, 3.63) is 39.7 Å². The first-order chi connectivity index (χ1) is 12.0. The van der Waals surface area contributed by atoms with Crippen LogP contribution in [0.1, 0.15) is 37.1 Å². The number of nitrogens with zero attached hydrogens (tertiary/aromatic N) is 4. The second-order valence-corrected chi connectivity index (χ2v) is 6.89. The third-order valence-corrected chi connectivity index (χ3v) is 5.01. The zero-order valence-corrected chi connectivity index (χ0v) is 14.9. The minimum atomic E-state index is -0.479. The van der Waals surface area contributed by atoms with Crippen molar-refractivity contribution in [1.29, 1.82) is 0 Å². The maximum atomic E-state index is 12.2. The van der Waals surface area contributed by atoms with Gasteiger partial charge in [0.25, 0.3) is 5.69 Å². The predicted molar refractivity (Wildman–Crippen MR) is 94.9 cm³/mol. The van der Waals surface area contributed by atoms with Crippen LogP contribution in [0.5, 0.6) is 0 Å². The molecule has 0 bridgehead atoms. The molecule has 1 aromatic heterocycles. The van der Waals surface area contributed by atoms with Crippen molar-refractivity contribution in [2.24, 2.45) is 0 Å². The van der Waals surface area contributed by atoms with Crippen molar-refractivity contribution >= 4 is 29.0 Å². The lowest BCUT2D eigenvalue weighted by Gasteiger charge is -2.09. The van der Waals surface area contributed by atoms with E-state index in [9.17, 15) is 14.9 Å². The average molecular weight is 361 g/mol. The summed E-state index contributed by atoms with van der Waals surface area (Å²) < 4.78 is 2.05. The molecule has 1 aromatic carbocycles. The monoisotopic (exact) mass is 361 g/mol. The molecule has 1 saturated carbocycles. The lowest BCUT2D eigenvalue weighted by molar-refractivity contribution is -0.384. The van der Waals surface area contributed by atoms with Gasteiger partial charge in [0, 0.05) is 24.6 Å². The summed E-state index contributed by atoms with van der Waals surface area (Å²) in [5.41, 5.74) is 1.18. The van der Waals surface area contributed by atoms with Crippen molar-refractivity contribution in [2.45, 2.75) is 44.3 Å². The number of anilines is 1. The van der Waals surface area contributed by atoms with E-state index in [1.165, 1.54) is 23.9 Å². The number of non-ortho nitro benzene ring substituents is 1. The van der Waals surface area contributed by atoms with Crippen LogP contribution < -0.4 is 5.32 Å². The van der Waals surface area contributed by atoms with E-state index in [4.69, 9.17) is 0 Å². The number of benzene rings is 1. The Hall–Kier alpha value is -2.42. The molecule has 1 fully saturated rings. The minimum Gasteiger partial charge on any atom is -0.325 e. The number of amides is 1. The standard InChI is InChI=1S/C16H19N5O3S/c1-3-20-15(11-5-6-11)18-19-16(20)25-9-14(22)17-13-8-12(21(23)24)7-4-10(13)2/h4,7-8,11H,3,5-6,9H2,1-2H3,(H,17,22). The van der Waals surface area contributed by atoms with Crippen molar-refractivity contribution in [3.63, 3.8) is 0 Å². The molecule has 0 unspecified atom stereocenters. The fourth-order valence-corrected chi connectivity index (χ4v) is 3.33. The minimum absolute atomic E-state index is 0.0478. The molecule has 1 heterocycles. The first-order valence-electron chi connectivity index (χ1n) is 8.10. The van der Waals surface area contributed by atoms with Crippen molar-refractivity contribution in [1.82, 2.24) is 14.8 Å². The van der Waals surface area contributed by atoms with Gasteiger partial charge < -0.3 is 9.88 Å². The van der Waals surface area contributed by atoms with Crippen LogP contribution >= 0.6 is 11.8 Å². The van der Waals surface area contributed by atoms with E-state index in [0.717, 1.165) is 35.9 Å². The van der Waals surface area contributed by atoms with Gasteiger partial charge in [-0.05, 0) is 32.3 Å². The zero-order valence-electron chi connectivity index (χ0n) is 14.1. The molecule has 132 valence electrons. The molecule has 3 rings (SSSR count). The summed E-state index contributed by atoms with van der Waals surface area (Å²) >= 11 is 1.32.